The molecule has 15 heteroatoms. The highest BCUT2D eigenvalue weighted by atomic mass is 79.9. The molecule has 4 aromatic rings. The van der Waals surface area contributed by atoms with Crippen molar-refractivity contribution in [3.05, 3.63) is 115 Å². The van der Waals surface area contributed by atoms with E-state index in [1.165, 1.54) is 89.1 Å². The van der Waals surface area contributed by atoms with Gasteiger partial charge < -0.3 is 34.3 Å². The summed E-state index contributed by atoms with van der Waals surface area (Å²) in [5.74, 6) is -2.68. The molecule has 1 atom stereocenters. The predicted octanol–water partition coefficient (Wildman–Crippen LogP) is 7.73. The molecule has 0 spiro atoms. The summed E-state index contributed by atoms with van der Waals surface area (Å²) >= 11 is 14.3. The second-order valence-electron chi connectivity index (χ2n) is 8.90. The van der Waals surface area contributed by atoms with E-state index in [1.807, 2.05) is 0 Å². The zero-order valence-corrected chi connectivity index (χ0v) is 28.1. The summed E-state index contributed by atoms with van der Waals surface area (Å²) in [5, 5.41) is 28.4. The first kappa shape index (κ1) is 38.8. The summed E-state index contributed by atoms with van der Waals surface area (Å²) in [6.07, 6.45) is -1.02. The lowest BCUT2D eigenvalue weighted by Gasteiger charge is -2.18. The highest BCUT2D eigenvalue weighted by molar-refractivity contribution is 9.10. The van der Waals surface area contributed by atoms with Gasteiger partial charge in [-0.05, 0) is 46.3 Å². The van der Waals surface area contributed by atoms with E-state index in [9.17, 15) is 33.4 Å². The van der Waals surface area contributed by atoms with Crippen molar-refractivity contribution in [3.63, 3.8) is 0 Å². The number of aliphatic hydroxyl groups excluding tert-OH is 1. The summed E-state index contributed by atoms with van der Waals surface area (Å²) in [6.45, 7) is 0. The average Bonchev–Trinajstić information content (AvgIpc) is 3.06. The first-order valence-corrected chi connectivity index (χ1v) is 14.5. The van der Waals surface area contributed by atoms with Gasteiger partial charge in [0.25, 0.3) is 0 Å². The molecule has 0 aliphatic carbocycles. The van der Waals surface area contributed by atoms with Crippen molar-refractivity contribution in [1.82, 2.24) is 0 Å². The second kappa shape index (κ2) is 18.0. The fraction of sp³-hybridized carbons (Fsp3) is 0.156. The van der Waals surface area contributed by atoms with Gasteiger partial charge >= 0.3 is 11.9 Å². The Morgan fingerprint density at radius 3 is 1.66 bits per heavy atom. The number of carbonyl (C=O) groups excluding carboxylic acids is 1. The Balaban J connectivity index is 0.000000271. The highest BCUT2D eigenvalue weighted by Crippen LogP contribution is 2.37. The van der Waals surface area contributed by atoms with Crippen molar-refractivity contribution in [2.45, 2.75) is 6.10 Å². The minimum atomic E-state index is -1.45. The molecule has 1 unspecified atom stereocenters. The van der Waals surface area contributed by atoms with Gasteiger partial charge in [0.1, 0.15) is 46.0 Å². The number of methoxy groups -OCH3 is 4. The van der Waals surface area contributed by atoms with Crippen LogP contribution < -0.4 is 18.9 Å². The number of benzene rings is 4. The van der Waals surface area contributed by atoms with Crippen molar-refractivity contribution in [2.24, 2.45) is 0 Å². The molecule has 3 N–H and O–H groups in total. The molecule has 4 rings (SSSR count). The van der Waals surface area contributed by atoms with Crippen LogP contribution in [0.3, 0.4) is 0 Å². The van der Waals surface area contributed by atoms with Crippen LogP contribution >= 0.6 is 39.1 Å². The SMILES string of the molecule is COc1cc(OC)c(C(=O)O)cc1Br.COc1cc(OC)c(C(O)c2cccc(Cl)c2F)cc1C(=O)O.O=Cc1cccc(Cl)c1F. The number of hydrogen-bond donors (Lipinski definition) is 3. The van der Waals surface area contributed by atoms with E-state index in [0.29, 0.717) is 16.5 Å². The molecule has 250 valence electrons. The third-order valence-corrected chi connectivity index (χ3v) is 7.37. The molecule has 0 aliphatic rings. The van der Waals surface area contributed by atoms with Gasteiger partial charge in [-0.2, -0.15) is 0 Å². The Morgan fingerprint density at radius 1 is 0.723 bits per heavy atom. The Morgan fingerprint density at radius 2 is 1.19 bits per heavy atom. The molecule has 4 aromatic carbocycles. The van der Waals surface area contributed by atoms with Crippen molar-refractivity contribution in [3.8, 4) is 23.0 Å². The summed E-state index contributed by atoms with van der Waals surface area (Å²) in [7, 11) is 5.57. The normalized spacial score (nSPS) is 10.7. The maximum Gasteiger partial charge on any atom is 0.339 e. The molecule has 10 nitrogen and oxygen atoms in total. The maximum absolute atomic E-state index is 14.1. The molecule has 0 saturated carbocycles. The molecular weight excluding hydrogens is 733 g/mol. The first-order chi connectivity index (χ1) is 22.2. The lowest BCUT2D eigenvalue weighted by Crippen LogP contribution is -2.09. The standard InChI is InChI=1S/C16H14ClFO5.C9H9BrO4.C7H4ClFO/c1-22-12-7-13(23-2)10(16(20)21)6-9(12)15(19)8-4-3-5-11(17)14(8)18;1-13-7-4-8(14-2)6(10)3-5(7)9(11)12;8-6-3-1-2-5(4-10)7(6)9/h3-7,15,19H,1-2H3,(H,20,21);3-4H,1-2H3,(H,11,12);1-4H. The summed E-state index contributed by atoms with van der Waals surface area (Å²) in [6, 6.07) is 13.9. The van der Waals surface area contributed by atoms with Crippen LogP contribution in [0, 0.1) is 11.6 Å². The van der Waals surface area contributed by atoms with Crippen LogP contribution in [-0.4, -0.2) is 62.0 Å². The van der Waals surface area contributed by atoms with Gasteiger partial charge in [-0.25, -0.2) is 18.4 Å². The number of aromatic carboxylic acids is 2. The van der Waals surface area contributed by atoms with Gasteiger partial charge in [0.05, 0.1) is 48.5 Å². The number of carboxylic acids is 2. The minimum Gasteiger partial charge on any atom is -0.496 e. The molecule has 0 saturated heterocycles. The Bertz CT molecular complexity index is 1750. The molecular formula is C32H27BrCl2F2O10. The molecule has 0 heterocycles. The van der Waals surface area contributed by atoms with Crippen LogP contribution in [0.5, 0.6) is 23.0 Å². The van der Waals surface area contributed by atoms with Crippen molar-refractivity contribution >= 4 is 57.4 Å². The van der Waals surface area contributed by atoms with Gasteiger partial charge in [0.2, 0.25) is 0 Å². The molecule has 0 aromatic heterocycles. The van der Waals surface area contributed by atoms with E-state index in [2.05, 4.69) is 15.9 Å². The molecule has 0 fully saturated rings. The van der Waals surface area contributed by atoms with E-state index in [1.54, 1.807) is 0 Å². The fourth-order valence-electron chi connectivity index (χ4n) is 3.84. The number of aldehydes is 1. The van der Waals surface area contributed by atoms with Crippen LogP contribution in [0.1, 0.15) is 48.3 Å². The number of carbonyl (C=O) groups is 3. The molecule has 47 heavy (non-hydrogen) atoms. The van der Waals surface area contributed by atoms with Crippen molar-refractivity contribution in [1.29, 1.82) is 0 Å². The first-order valence-electron chi connectivity index (χ1n) is 12.9. The number of rotatable bonds is 9. The summed E-state index contributed by atoms with van der Waals surface area (Å²) < 4.78 is 47.4. The Kier molecular flexibility index (Phi) is 14.9. The Hall–Kier alpha value is -4.43. The molecule has 0 bridgehead atoms. The smallest absolute Gasteiger partial charge is 0.339 e. The molecule has 0 radical (unpaired) electrons. The average molecular weight is 760 g/mol. The van der Waals surface area contributed by atoms with Crippen LogP contribution in [0.2, 0.25) is 10.0 Å². The topological polar surface area (TPSA) is 149 Å². The second-order valence-corrected chi connectivity index (χ2v) is 10.6. The zero-order valence-electron chi connectivity index (χ0n) is 25.0. The van der Waals surface area contributed by atoms with Crippen LogP contribution in [0.4, 0.5) is 8.78 Å². The number of carboxylic acid groups (broad SMARTS) is 2. The van der Waals surface area contributed by atoms with Gasteiger partial charge in [-0.15, -0.1) is 0 Å². The van der Waals surface area contributed by atoms with E-state index in [0.717, 1.165) is 0 Å². The molecule has 0 aliphatic heterocycles. The van der Waals surface area contributed by atoms with E-state index < -0.39 is 29.7 Å². The monoisotopic (exact) mass is 758 g/mol. The quantitative estimate of drug-likeness (QED) is 0.145. The van der Waals surface area contributed by atoms with E-state index >= 15 is 0 Å². The van der Waals surface area contributed by atoms with Gasteiger partial charge in [0, 0.05) is 23.3 Å². The number of halogens is 5. The third kappa shape index (κ3) is 9.78. The number of aliphatic hydroxyl groups is 1. The van der Waals surface area contributed by atoms with E-state index in [-0.39, 0.29) is 55.1 Å². The maximum atomic E-state index is 14.1. The lowest BCUT2D eigenvalue weighted by atomic mass is 9.97. The molecule has 0 amide bonds. The van der Waals surface area contributed by atoms with Gasteiger partial charge in [-0.1, -0.05) is 41.4 Å². The van der Waals surface area contributed by atoms with Crippen LogP contribution in [0.25, 0.3) is 0 Å². The predicted molar refractivity (Wildman–Crippen MR) is 173 cm³/mol. The Labute approximate surface area is 286 Å². The van der Waals surface area contributed by atoms with Crippen LogP contribution in [-0.2, 0) is 0 Å². The summed E-state index contributed by atoms with van der Waals surface area (Å²) in [5.41, 5.74) is -0.0818. The largest absolute Gasteiger partial charge is 0.496 e. The van der Waals surface area contributed by atoms with Gasteiger partial charge in [-0.3, -0.25) is 4.79 Å². The van der Waals surface area contributed by atoms with Gasteiger partial charge in [0.15, 0.2) is 12.1 Å². The minimum absolute atomic E-state index is 0.00694. The van der Waals surface area contributed by atoms with Crippen LogP contribution in [0.15, 0.2) is 65.1 Å². The van der Waals surface area contributed by atoms with Crippen molar-refractivity contribution in [2.75, 3.05) is 28.4 Å². The van der Waals surface area contributed by atoms with E-state index in [4.69, 9.17) is 47.3 Å². The summed E-state index contributed by atoms with van der Waals surface area (Å²) in [4.78, 5) is 32.2. The number of ether oxygens (including phenoxy) is 4. The number of hydrogen-bond acceptors (Lipinski definition) is 8. The zero-order chi connectivity index (χ0) is 35.4. The third-order valence-electron chi connectivity index (χ3n) is 6.17. The van der Waals surface area contributed by atoms with Crippen molar-refractivity contribution < 1.29 is 57.4 Å². The fourth-order valence-corrected chi connectivity index (χ4v) is 4.71. The lowest BCUT2D eigenvalue weighted by molar-refractivity contribution is 0.0681. The highest BCUT2D eigenvalue weighted by Gasteiger charge is 2.24.